The number of nitrogens with one attached hydrogen (secondary N) is 2. The van der Waals surface area contributed by atoms with Gasteiger partial charge in [0.25, 0.3) is 0 Å². The monoisotopic (exact) mass is 437 g/mol. The minimum absolute atomic E-state index is 0.0289. The van der Waals surface area contributed by atoms with E-state index in [9.17, 15) is 19.2 Å². The van der Waals surface area contributed by atoms with E-state index in [0.29, 0.717) is 0 Å². The van der Waals surface area contributed by atoms with E-state index in [1.807, 2.05) is 6.07 Å². The van der Waals surface area contributed by atoms with Gasteiger partial charge in [0.05, 0.1) is 25.2 Å². The summed E-state index contributed by atoms with van der Waals surface area (Å²) in [6, 6.07) is 6.39. The minimum atomic E-state index is -1.35. The normalized spacial score (nSPS) is 14.0. The van der Waals surface area contributed by atoms with Crippen molar-refractivity contribution >= 4 is 23.9 Å². The molecule has 0 saturated carbocycles. The average Bonchev–Trinajstić information content (AvgIpc) is 2.68. The molecule has 0 aliphatic carbocycles. The third kappa shape index (κ3) is 9.94. The van der Waals surface area contributed by atoms with Crippen LogP contribution in [0, 0.1) is 0 Å². The van der Waals surface area contributed by atoms with Crippen molar-refractivity contribution in [3.8, 4) is 0 Å². The molecule has 10 nitrogen and oxygen atoms in total. The van der Waals surface area contributed by atoms with Crippen molar-refractivity contribution in [1.29, 1.82) is 0 Å². The molecule has 10 heteroatoms. The van der Waals surface area contributed by atoms with Gasteiger partial charge < -0.3 is 30.6 Å². The maximum atomic E-state index is 12.7. The molecule has 0 saturated heterocycles. The summed E-state index contributed by atoms with van der Waals surface area (Å²) in [6.07, 6.45) is -2.16. The van der Waals surface area contributed by atoms with Gasteiger partial charge in [-0.1, -0.05) is 30.3 Å². The van der Waals surface area contributed by atoms with Crippen LogP contribution < -0.4 is 16.4 Å². The van der Waals surface area contributed by atoms with Crippen molar-refractivity contribution in [1.82, 2.24) is 10.6 Å². The molecule has 0 unspecified atom stereocenters. The lowest BCUT2D eigenvalue weighted by atomic mass is 10.1. The summed E-state index contributed by atoms with van der Waals surface area (Å²) in [6.45, 7) is 6.94. The Kier molecular flexibility index (Phi) is 9.94. The first-order valence-electron chi connectivity index (χ1n) is 9.74. The van der Waals surface area contributed by atoms with E-state index in [1.165, 1.54) is 7.11 Å². The number of hydrogen-bond acceptors (Lipinski definition) is 7. The number of alkyl carbamates (subject to hydrolysis) is 1. The second-order valence-corrected chi connectivity index (χ2v) is 7.87. The van der Waals surface area contributed by atoms with Gasteiger partial charge in [0.1, 0.15) is 12.6 Å². The predicted octanol–water partition coefficient (Wildman–Crippen LogP) is 1.02. The number of esters is 1. The van der Waals surface area contributed by atoms with Crippen molar-refractivity contribution < 1.29 is 33.4 Å². The van der Waals surface area contributed by atoms with Gasteiger partial charge in [0.2, 0.25) is 11.8 Å². The average molecular weight is 437 g/mol. The maximum absolute atomic E-state index is 12.7. The predicted molar refractivity (Wildman–Crippen MR) is 112 cm³/mol. The highest BCUT2D eigenvalue weighted by atomic mass is 16.5. The van der Waals surface area contributed by atoms with E-state index in [0.717, 1.165) is 5.56 Å². The molecule has 1 aromatic rings. The molecule has 0 aliphatic rings. The van der Waals surface area contributed by atoms with E-state index in [4.69, 9.17) is 19.9 Å². The second-order valence-electron chi connectivity index (χ2n) is 7.87. The molecular weight excluding hydrogens is 406 g/mol. The fourth-order valence-corrected chi connectivity index (χ4v) is 2.69. The Labute approximate surface area is 181 Å². The number of carbonyl (C=O) groups excluding carboxylic acids is 4. The van der Waals surface area contributed by atoms with Crippen LogP contribution >= 0.6 is 0 Å². The molecule has 1 rings (SSSR count). The van der Waals surface area contributed by atoms with Crippen LogP contribution in [0.3, 0.4) is 0 Å². The Morgan fingerprint density at radius 1 is 1.06 bits per heavy atom. The van der Waals surface area contributed by atoms with Crippen molar-refractivity contribution in [2.75, 3.05) is 7.11 Å². The fraction of sp³-hybridized carbons (Fsp3) is 0.524. The zero-order chi connectivity index (χ0) is 23.6. The van der Waals surface area contributed by atoms with Crippen molar-refractivity contribution in [2.24, 2.45) is 5.73 Å². The Hall–Kier alpha value is -3.14. The quantitative estimate of drug-likeness (QED) is 0.463. The number of benzene rings is 1. The molecule has 0 spiro atoms. The number of nitrogens with two attached hydrogens (primary N) is 1. The fourth-order valence-electron chi connectivity index (χ4n) is 2.69. The first-order chi connectivity index (χ1) is 14.4. The highest BCUT2D eigenvalue weighted by Crippen LogP contribution is 2.14. The molecule has 0 fully saturated rings. The third-order valence-corrected chi connectivity index (χ3v) is 3.99. The molecule has 4 N–H and O–H groups in total. The topological polar surface area (TPSA) is 146 Å². The molecular formula is C21H31N3O7. The van der Waals surface area contributed by atoms with E-state index in [1.54, 1.807) is 52.0 Å². The van der Waals surface area contributed by atoms with Crippen molar-refractivity contribution in [3.05, 3.63) is 35.9 Å². The SMILES string of the molecule is COC(=O)[C@@H](NC(=O)[C@H](CC(N)=O)NC(=O)OCc1ccccc1)[C@@H](C)OC(C)(C)C. The zero-order valence-corrected chi connectivity index (χ0v) is 18.5. The van der Waals surface area contributed by atoms with Crippen LogP contribution in [0.15, 0.2) is 30.3 Å². The molecule has 0 bridgehead atoms. The van der Waals surface area contributed by atoms with Gasteiger partial charge >= 0.3 is 12.1 Å². The summed E-state index contributed by atoms with van der Waals surface area (Å²) in [5.41, 5.74) is 5.35. The van der Waals surface area contributed by atoms with Crippen LogP contribution in [0.1, 0.15) is 39.7 Å². The molecule has 0 aliphatic heterocycles. The van der Waals surface area contributed by atoms with E-state index in [2.05, 4.69) is 10.6 Å². The molecule has 0 radical (unpaired) electrons. The van der Waals surface area contributed by atoms with Gasteiger partial charge in [-0.3, -0.25) is 9.59 Å². The second kappa shape index (κ2) is 11.9. The van der Waals surface area contributed by atoms with E-state index >= 15 is 0 Å². The number of carbonyl (C=O) groups is 4. The molecule has 0 heterocycles. The highest BCUT2D eigenvalue weighted by molar-refractivity contribution is 5.93. The Morgan fingerprint density at radius 2 is 1.68 bits per heavy atom. The van der Waals surface area contributed by atoms with Crippen LogP contribution in [0.5, 0.6) is 0 Å². The number of ether oxygens (including phenoxy) is 3. The van der Waals surface area contributed by atoms with Gasteiger partial charge in [-0.25, -0.2) is 9.59 Å². The van der Waals surface area contributed by atoms with Crippen LogP contribution in [0.2, 0.25) is 0 Å². The lowest BCUT2D eigenvalue weighted by Crippen LogP contribution is -2.56. The lowest BCUT2D eigenvalue weighted by Gasteiger charge is -2.30. The maximum Gasteiger partial charge on any atom is 0.408 e. The number of methoxy groups -OCH3 is 1. The molecule has 0 aromatic heterocycles. The van der Waals surface area contributed by atoms with Gasteiger partial charge in [-0.15, -0.1) is 0 Å². The van der Waals surface area contributed by atoms with E-state index in [-0.39, 0.29) is 6.61 Å². The van der Waals surface area contributed by atoms with Crippen molar-refractivity contribution in [3.63, 3.8) is 0 Å². The Balaban J connectivity index is 2.84. The smallest absolute Gasteiger partial charge is 0.408 e. The molecule has 31 heavy (non-hydrogen) atoms. The van der Waals surface area contributed by atoms with Gasteiger partial charge in [-0.05, 0) is 33.3 Å². The van der Waals surface area contributed by atoms with Crippen LogP contribution in [-0.4, -0.2) is 54.8 Å². The summed E-state index contributed by atoms with van der Waals surface area (Å²) in [4.78, 5) is 48.5. The Bertz CT molecular complexity index is 762. The molecule has 3 atom stereocenters. The summed E-state index contributed by atoms with van der Waals surface area (Å²) in [5.74, 6) is -2.37. The summed E-state index contributed by atoms with van der Waals surface area (Å²) < 4.78 is 15.6. The number of amides is 3. The largest absolute Gasteiger partial charge is 0.467 e. The molecule has 3 amide bonds. The van der Waals surface area contributed by atoms with Gasteiger partial charge in [0.15, 0.2) is 6.04 Å². The lowest BCUT2D eigenvalue weighted by molar-refractivity contribution is -0.153. The number of primary amides is 1. The Morgan fingerprint density at radius 3 is 2.19 bits per heavy atom. The first kappa shape index (κ1) is 25.9. The van der Waals surface area contributed by atoms with Crippen LogP contribution in [-0.2, 0) is 35.2 Å². The summed E-state index contributed by atoms with van der Waals surface area (Å²) in [5, 5.41) is 4.76. The first-order valence-corrected chi connectivity index (χ1v) is 9.74. The van der Waals surface area contributed by atoms with Crippen molar-refractivity contribution in [2.45, 2.75) is 64.5 Å². The van der Waals surface area contributed by atoms with Gasteiger partial charge in [-0.2, -0.15) is 0 Å². The number of hydrogen-bond donors (Lipinski definition) is 3. The molecule has 172 valence electrons. The number of rotatable bonds is 10. The van der Waals surface area contributed by atoms with Crippen LogP contribution in [0.4, 0.5) is 4.79 Å². The van der Waals surface area contributed by atoms with E-state index < -0.39 is 54.1 Å². The van der Waals surface area contributed by atoms with Crippen LogP contribution in [0.25, 0.3) is 0 Å². The molecule has 1 aromatic carbocycles. The third-order valence-electron chi connectivity index (χ3n) is 3.99. The highest BCUT2D eigenvalue weighted by Gasteiger charge is 2.34. The standard InChI is InChI=1S/C21H31N3O7/c1-13(31-21(2,3)4)17(19(27)29-5)24-18(26)15(11-16(22)25)23-20(28)30-12-14-9-7-6-8-10-14/h6-10,13,15,17H,11-12H2,1-5H3,(H2,22,25)(H,23,28)(H,24,26)/t13-,15+,17+/m1/s1. The summed E-state index contributed by atoms with van der Waals surface area (Å²) in [7, 11) is 1.17. The zero-order valence-electron chi connectivity index (χ0n) is 18.5. The van der Waals surface area contributed by atoms with Gasteiger partial charge in [0, 0.05) is 0 Å². The minimum Gasteiger partial charge on any atom is -0.467 e. The summed E-state index contributed by atoms with van der Waals surface area (Å²) >= 11 is 0.